The van der Waals surface area contributed by atoms with E-state index in [1.165, 1.54) is 10.9 Å². The van der Waals surface area contributed by atoms with Crippen molar-refractivity contribution in [2.24, 2.45) is 0 Å². The number of nitrogens with one attached hydrogen (secondary N) is 1. The van der Waals surface area contributed by atoms with E-state index in [1.54, 1.807) is 0 Å². The summed E-state index contributed by atoms with van der Waals surface area (Å²) in [7, 11) is 0. The van der Waals surface area contributed by atoms with Crippen LogP contribution in [0.1, 0.15) is 23.0 Å². The Bertz CT molecular complexity index is 624. The highest BCUT2D eigenvalue weighted by molar-refractivity contribution is 5.84. The Morgan fingerprint density at radius 2 is 2.05 bits per heavy atom. The standard InChI is InChI=1S/C14H16N4O3/c1-10(7-11-5-3-2-4-6-11)15-13(19)9-18-8-12(14(20)21)16-17-18/h2-6,8,10H,7,9H2,1H3,(H,15,19)(H,20,21). The van der Waals surface area contributed by atoms with Gasteiger partial charge < -0.3 is 10.4 Å². The monoisotopic (exact) mass is 288 g/mol. The first-order valence-electron chi connectivity index (χ1n) is 6.51. The molecule has 0 fully saturated rings. The van der Waals surface area contributed by atoms with E-state index in [4.69, 9.17) is 5.11 Å². The highest BCUT2D eigenvalue weighted by atomic mass is 16.4. The predicted octanol–water partition coefficient (Wildman–Crippen LogP) is 0.724. The van der Waals surface area contributed by atoms with Gasteiger partial charge in [0.05, 0.1) is 6.20 Å². The van der Waals surface area contributed by atoms with E-state index in [2.05, 4.69) is 15.6 Å². The molecule has 0 spiro atoms. The minimum atomic E-state index is -1.17. The van der Waals surface area contributed by atoms with Crippen molar-refractivity contribution in [2.75, 3.05) is 0 Å². The number of carboxylic acid groups (broad SMARTS) is 1. The second kappa shape index (κ2) is 6.65. The van der Waals surface area contributed by atoms with Gasteiger partial charge in [-0.2, -0.15) is 0 Å². The first-order chi connectivity index (χ1) is 10.0. The van der Waals surface area contributed by atoms with E-state index in [0.717, 1.165) is 12.0 Å². The van der Waals surface area contributed by atoms with Gasteiger partial charge in [-0.15, -0.1) is 5.10 Å². The zero-order valence-corrected chi connectivity index (χ0v) is 11.6. The van der Waals surface area contributed by atoms with Crippen molar-refractivity contribution in [1.29, 1.82) is 0 Å². The van der Waals surface area contributed by atoms with Crippen LogP contribution in [0.5, 0.6) is 0 Å². The average molecular weight is 288 g/mol. The van der Waals surface area contributed by atoms with Crippen molar-refractivity contribution in [3.63, 3.8) is 0 Å². The molecule has 1 aromatic carbocycles. The number of aromatic nitrogens is 3. The number of hydrogen-bond acceptors (Lipinski definition) is 4. The van der Waals surface area contributed by atoms with Gasteiger partial charge in [0.2, 0.25) is 5.91 Å². The highest BCUT2D eigenvalue weighted by Crippen LogP contribution is 2.02. The Balaban J connectivity index is 1.84. The normalized spacial score (nSPS) is 11.9. The van der Waals surface area contributed by atoms with Crippen LogP contribution in [0.15, 0.2) is 36.5 Å². The van der Waals surface area contributed by atoms with E-state index in [-0.39, 0.29) is 24.2 Å². The zero-order valence-electron chi connectivity index (χ0n) is 11.6. The van der Waals surface area contributed by atoms with Crippen LogP contribution in [-0.2, 0) is 17.8 Å². The lowest BCUT2D eigenvalue weighted by atomic mass is 10.1. The summed E-state index contributed by atoms with van der Waals surface area (Å²) in [6.07, 6.45) is 1.95. The van der Waals surface area contributed by atoms with E-state index in [0.29, 0.717) is 0 Å². The summed E-state index contributed by atoms with van der Waals surface area (Å²) in [6.45, 7) is 1.86. The van der Waals surface area contributed by atoms with E-state index < -0.39 is 5.97 Å². The van der Waals surface area contributed by atoms with Crippen LogP contribution >= 0.6 is 0 Å². The number of hydrogen-bond donors (Lipinski definition) is 2. The summed E-state index contributed by atoms with van der Waals surface area (Å²) in [4.78, 5) is 22.5. The summed E-state index contributed by atoms with van der Waals surface area (Å²) in [5.74, 6) is -1.40. The molecule has 1 heterocycles. The predicted molar refractivity (Wildman–Crippen MR) is 74.7 cm³/mol. The highest BCUT2D eigenvalue weighted by Gasteiger charge is 2.12. The lowest BCUT2D eigenvalue weighted by Gasteiger charge is -2.13. The topological polar surface area (TPSA) is 97.1 Å². The lowest BCUT2D eigenvalue weighted by Crippen LogP contribution is -2.36. The van der Waals surface area contributed by atoms with Gasteiger partial charge in [0.25, 0.3) is 0 Å². The first kappa shape index (κ1) is 14.7. The Morgan fingerprint density at radius 3 is 2.67 bits per heavy atom. The van der Waals surface area contributed by atoms with Crippen LogP contribution in [0, 0.1) is 0 Å². The molecule has 7 heteroatoms. The van der Waals surface area contributed by atoms with Crippen molar-refractivity contribution in [2.45, 2.75) is 25.9 Å². The van der Waals surface area contributed by atoms with Gasteiger partial charge in [-0.25, -0.2) is 9.48 Å². The molecule has 21 heavy (non-hydrogen) atoms. The quantitative estimate of drug-likeness (QED) is 0.816. The maximum atomic E-state index is 11.8. The molecule has 0 aliphatic carbocycles. The molecule has 0 radical (unpaired) electrons. The summed E-state index contributed by atoms with van der Waals surface area (Å²) in [6, 6.07) is 9.82. The number of benzene rings is 1. The number of carboxylic acids is 1. The summed E-state index contributed by atoms with van der Waals surface area (Å²) in [5.41, 5.74) is 0.958. The number of aromatic carboxylic acids is 1. The third-order valence-corrected chi connectivity index (χ3v) is 2.86. The van der Waals surface area contributed by atoms with Crippen molar-refractivity contribution >= 4 is 11.9 Å². The minimum absolute atomic E-state index is 0.0256. The van der Waals surface area contributed by atoms with Crippen molar-refractivity contribution in [3.05, 3.63) is 47.8 Å². The molecule has 0 aliphatic rings. The second-order valence-electron chi connectivity index (χ2n) is 4.76. The van der Waals surface area contributed by atoms with E-state index >= 15 is 0 Å². The van der Waals surface area contributed by atoms with Crippen LogP contribution in [0.2, 0.25) is 0 Å². The number of carbonyl (C=O) groups is 2. The van der Waals surface area contributed by atoms with Gasteiger partial charge in [0, 0.05) is 6.04 Å². The van der Waals surface area contributed by atoms with E-state index in [1.807, 2.05) is 37.3 Å². The van der Waals surface area contributed by atoms with Gasteiger partial charge in [0.15, 0.2) is 5.69 Å². The lowest BCUT2D eigenvalue weighted by molar-refractivity contribution is -0.122. The van der Waals surface area contributed by atoms with Gasteiger partial charge in [0.1, 0.15) is 6.54 Å². The summed E-state index contributed by atoms with van der Waals surface area (Å²) < 4.78 is 1.20. The van der Waals surface area contributed by atoms with Gasteiger partial charge >= 0.3 is 5.97 Å². The fourth-order valence-electron chi connectivity index (χ4n) is 1.96. The first-order valence-corrected chi connectivity index (χ1v) is 6.51. The molecule has 7 nitrogen and oxygen atoms in total. The molecule has 2 rings (SSSR count). The average Bonchev–Trinajstić information content (AvgIpc) is 2.88. The fraction of sp³-hybridized carbons (Fsp3) is 0.286. The molecule has 110 valence electrons. The molecule has 1 aromatic heterocycles. The molecular formula is C14H16N4O3. The largest absolute Gasteiger partial charge is 0.476 e. The smallest absolute Gasteiger partial charge is 0.358 e. The number of carbonyl (C=O) groups excluding carboxylic acids is 1. The SMILES string of the molecule is CC(Cc1ccccc1)NC(=O)Cn1cc(C(=O)O)nn1. The molecule has 0 saturated carbocycles. The Morgan fingerprint density at radius 1 is 1.33 bits per heavy atom. The van der Waals surface area contributed by atoms with E-state index in [9.17, 15) is 9.59 Å². The maximum absolute atomic E-state index is 11.8. The molecule has 1 unspecified atom stereocenters. The number of amides is 1. The fourth-order valence-corrected chi connectivity index (χ4v) is 1.96. The van der Waals surface area contributed by atoms with Crippen molar-refractivity contribution in [3.8, 4) is 0 Å². The van der Waals surface area contributed by atoms with Gasteiger partial charge in [-0.1, -0.05) is 35.5 Å². The molecule has 2 aromatic rings. The molecule has 0 aliphatic heterocycles. The number of nitrogens with zero attached hydrogens (tertiary/aromatic N) is 3. The van der Waals surface area contributed by atoms with Crippen LogP contribution in [0.4, 0.5) is 0 Å². The second-order valence-corrected chi connectivity index (χ2v) is 4.76. The Labute approximate surface area is 121 Å². The van der Waals surface area contributed by atoms with Crippen molar-refractivity contribution in [1.82, 2.24) is 20.3 Å². The third-order valence-electron chi connectivity index (χ3n) is 2.86. The molecule has 0 saturated heterocycles. The Kier molecular flexibility index (Phi) is 4.65. The molecule has 0 bridgehead atoms. The molecular weight excluding hydrogens is 272 g/mol. The van der Waals surface area contributed by atoms with Gasteiger partial charge in [-0.05, 0) is 18.9 Å². The third kappa shape index (κ3) is 4.41. The molecule has 1 atom stereocenters. The minimum Gasteiger partial charge on any atom is -0.476 e. The maximum Gasteiger partial charge on any atom is 0.358 e. The van der Waals surface area contributed by atoms with Crippen LogP contribution < -0.4 is 5.32 Å². The van der Waals surface area contributed by atoms with Gasteiger partial charge in [-0.3, -0.25) is 4.79 Å². The molecule has 2 N–H and O–H groups in total. The number of rotatable bonds is 6. The van der Waals surface area contributed by atoms with Crippen molar-refractivity contribution < 1.29 is 14.7 Å². The Hall–Kier alpha value is -2.70. The zero-order chi connectivity index (χ0) is 15.2. The van der Waals surface area contributed by atoms with Crippen LogP contribution in [0.3, 0.4) is 0 Å². The molecule has 1 amide bonds. The van der Waals surface area contributed by atoms with Crippen LogP contribution in [-0.4, -0.2) is 38.0 Å². The van der Waals surface area contributed by atoms with Crippen LogP contribution in [0.25, 0.3) is 0 Å². The summed E-state index contributed by atoms with van der Waals surface area (Å²) in [5, 5.41) is 18.6. The summed E-state index contributed by atoms with van der Waals surface area (Å²) >= 11 is 0.